The van der Waals surface area contributed by atoms with E-state index in [1.165, 1.54) is 0 Å². The van der Waals surface area contributed by atoms with Crippen molar-refractivity contribution in [3.63, 3.8) is 0 Å². The Kier molecular flexibility index (Phi) is 3.23. The van der Waals surface area contributed by atoms with Crippen LogP contribution in [0.4, 0.5) is 0 Å². The van der Waals surface area contributed by atoms with Gasteiger partial charge in [0.2, 0.25) is 0 Å². The Hall–Kier alpha value is -1.79. The average Bonchev–Trinajstić information content (AvgIpc) is 2.39. The number of nitriles is 1. The molecule has 1 heterocycles. The third-order valence-electron chi connectivity index (χ3n) is 2.30. The minimum atomic E-state index is 0.682. The second-order valence-electron chi connectivity index (χ2n) is 3.25. The molecule has 0 amide bonds. The summed E-state index contributed by atoms with van der Waals surface area (Å²) in [4.78, 5) is 4.30. The number of thioether (sulfide) groups is 1. The predicted octanol–water partition coefficient (Wildman–Crippen LogP) is 3.34. The lowest BCUT2D eigenvalue weighted by molar-refractivity contribution is 1.14. The molecule has 16 heavy (non-hydrogen) atoms. The van der Waals surface area contributed by atoms with Crippen molar-refractivity contribution in [2.24, 2.45) is 0 Å². The van der Waals surface area contributed by atoms with E-state index in [-0.39, 0.29) is 0 Å². The van der Waals surface area contributed by atoms with Crippen molar-refractivity contribution in [3.05, 3.63) is 48.2 Å². The fraction of sp³-hybridized carbons (Fsp3) is 0.0769. The maximum Gasteiger partial charge on any atom is 0.0998 e. The van der Waals surface area contributed by atoms with E-state index < -0.39 is 0 Å². The first-order valence-corrected chi connectivity index (χ1v) is 6.07. The first kappa shape index (κ1) is 10.7. The Balaban J connectivity index is 2.47. The molecule has 0 aliphatic carbocycles. The highest BCUT2D eigenvalue weighted by atomic mass is 32.2. The SMILES string of the molecule is CSc1ccc(-c2ccccc2C#N)cn1. The highest BCUT2D eigenvalue weighted by Gasteiger charge is 2.03. The highest BCUT2D eigenvalue weighted by Crippen LogP contribution is 2.23. The number of aromatic nitrogens is 1. The van der Waals surface area contributed by atoms with Gasteiger partial charge in [0.25, 0.3) is 0 Å². The van der Waals surface area contributed by atoms with Gasteiger partial charge in [-0.25, -0.2) is 4.98 Å². The number of hydrogen-bond donors (Lipinski definition) is 0. The van der Waals surface area contributed by atoms with Crippen LogP contribution in [0.5, 0.6) is 0 Å². The average molecular weight is 226 g/mol. The molecule has 0 aliphatic heterocycles. The van der Waals surface area contributed by atoms with Crippen molar-refractivity contribution in [2.45, 2.75) is 5.03 Å². The first-order chi connectivity index (χ1) is 7.85. The maximum atomic E-state index is 9.01. The Morgan fingerprint density at radius 1 is 1.19 bits per heavy atom. The molecule has 1 aromatic heterocycles. The van der Waals surface area contributed by atoms with Crippen molar-refractivity contribution >= 4 is 11.8 Å². The van der Waals surface area contributed by atoms with E-state index >= 15 is 0 Å². The van der Waals surface area contributed by atoms with Gasteiger partial charge in [-0.2, -0.15) is 5.26 Å². The van der Waals surface area contributed by atoms with Crippen LogP contribution in [0, 0.1) is 11.3 Å². The van der Waals surface area contributed by atoms with Crippen LogP contribution in [0.2, 0.25) is 0 Å². The molecule has 1 aromatic carbocycles. The van der Waals surface area contributed by atoms with Gasteiger partial charge in [0, 0.05) is 17.3 Å². The Labute approximate surface area is 99.0 Å². The van der Waals surface area contributed by atoms with Gasteiger partial charge in [-0.1, -0.05) is 24.3 Å². The van der Waals surface area contributed by atoms with E-state index in [1.807, 2.05) is 48.9 Å². The molecule has 2 aromatic rings. The molecule has 0 atom stereocenters. The Morgan fingerprint density at radius 3 is 2.62 bits per heavy atom. The number of benzene rings is 1. The molecule has 0 saturated heterocycles. The van der Waals surface area contributed by atoms with Gasteiger partial charge in [-0.15, -0.1) is 11.8 Å². The minimum Gasteiger partial charge on any atom is -0.249 e. The van der Waals surface area contributed by atoms with E-state index in [0.29, 0.717) is 5.56 Å². The lowest BCUT2D eigenvalue weighted by Gasteiger charge is -2.03. The zero-order valence-corrected chi connectivity index (χ0v) is 9.66. The van der Waals surface area contributed by atoms with Crippen LogP contribution in [-0.4, -0.2) is 11.2 Å². The van der Waals surface area contributed by atoms with Crippen molar-refractivity contribution in [2.75, 3.05) is 6.26 Å². The van der Waals surface area contributed by atoms with Crippen LogP contribution in [0.15, 0.2) is 47.6 Å². The molecule has 0 unspecified atom stereocenters. The van der Waals surface area contributed by atoms with Crippen LogP contribution < -0.4 is 0 Å². The highest BCUT2D eigenvalue weighted by molar-refractivity contribution is 7.98. The third kappa shape index (κ3) is 2.07. The molecule has 2 rings (SSSR count). The Morgan fingerprint density at radius 2 is 2.00 bits per heavy atom. The van der Waals surface area contributed by atoms with Crippen LogP contribution in [0.1, 0.15) is 5.56 Å². The summed E-state index contributed by atoms with van der Waals surface area (Å²) < 4.78 is 0. The zero-order chi connectivity index (χ0) is 11.4. The summed E-state index contributed by atoms with van der Waals surface area (Å²) in [6, 6.07) is 13.7. The lowest BCUT2D eigenvalue weighted by Crippen LogP contribution is -1.85. The van der Waals surface area contributed by atoms with Crippen molar-refractivity contribution in [1.82, 2.24) is 4.98 Å². The van der Waals surface area contributed by atoms with E-state index in [0.717, 1.165) is 16.2 Å². The second kappa shape index (κ2) is 4.82. The molecule has 0 spiro atoms. The molecule has 0 saturated carbocycles. The van der Waals surface area contributed by atoms with E-state index in [1.54, 1.807) is 11.8 Å². The Bertz CT molecular complexity index is 526. The molecule has 2 nitrogen and oxygen atoms in total. The number of hydrogen-bond acceptors (Lipinski definition) is 3. The molecule has 0 radical (unpaired) electrons. The third-order valence-corrected chi connectivity index (χ3v) is 2.96. The molecule has 78 valence electrons. The second-order valence-corrected chi connectivity index (χ2v) is 4.07. The molecule has 0 aliphatic rings. The molecule has 0 fully saturated rings. The number of nitrogens with zero attached hydrogens (tertiary/aromatic N) is 2. The van der Waals surface area contributed by atoms with Crippen LogP contribution in [-0.2, 0) is 0 Å². The van der Waals surface area contributed by atoms with Crippen LogP contribution in [0.3, 0.4) is 0 Å². The van der Waals surface area contributed by atoms with Gasteiger partial charge >= 0.3 is 0 Å². The van der Waals surface area contributed by atoms with Gasteiger partial charge in [0.15, 0.2) is 0 Å². The van der Waals surface area contributed by atoms with Crippen molar-refractivity contribution < 1.29 is 0 Å². The standard InChI is InChI=1S/C13H10N2S/c1-16-13-7-6-11(9-15-13)12-5-3-2-4-10(12)8-14/h2-7,9H,1H3. The van der Waals surface area contributed by atoms with Gasteiger partial charge in [0.1, 0.15) is 0 Å². The van der Waals surface area contributed by atoms with Gasteiger partial charge < -0.3 is 0 Å². The predicted molar refractivity (Wildman–Crippen MR) is 66.2 cm³/mol. The van der Waals surface area contributed by atoms with E-state index in [2.05, 4.69) is 11.1 Å². The summed E-state index contributed by atoms with van der Waals surface area (Å²) in [6.45, 7) is 0. The summed E-state index contributed by atoms with van der Waals surface area (Å²) >= 11 is 1.61. The largest absolute Gasteiger partial charge is 0.249 e. The molecule has 0 N–H and O–H groups in total. The summed E-state index contributed by atoms with van der Waals surface area (Å²) in [7, 11) is 0. The van der Waals surface area contributed by atoms with E-state index in [4.69, 9.17) is 5.26 Å². The fourth-order valence-electron chi connectivity index (χ4n) is 1.49. The maximum absolute atomic E-state index is 9.01. The minimum absolute atomic E-state index is 0.682. The van der Waals surface area contributed by atoms with Crippen LogP contribution in [0.25, 0.3) is 11.1 Å². The van der Waals surface area contributed by atoms with Gasteiger partial charge in [-0.3, -0.25) is 0 Å². The monoisotopic (exact) mass is 226 g/mol. The first-order valence-electron chi connectivity index (χ1n) is 4.84. The smallest absolute Gasteiger partial charge is 0.0998 e. The van der Waals surface area contributed by atoms with Crippen molar-refractivity contribution in [3.8, 4) is 17.2 Å². The van der Waals surface area contributed by atoms with Crippen molar-refractivity contribution in [1.29, 1.82) is 5.26 Å². The number of rotatable bonds is 2. The zero-order valence-electron chi connectivity index (χ0n) is 8.84. The lowest BCUT2D eigenvalue weighted by atomic mass is 10.0. The molecular formula is C13H10N2S. The summed E-state index contributed by atoms with van der Waals surface area (Å²) in [5.41, 5.74) is 2.60. The van der Waals surface area contributed by atoms with Gasteiger partial charge in [-0.05, 0) is 18.4 Å². The molecular weight excluding hydrogens is 216 g/mol. The van der Waals surface area contributed by atoms with Crippen LogP contribution >= 0.6 is 11.8 Å². The van der Waals surface area contributed by atoms with Gasteiger partial charge in [0.05, 0.1) is 16.7 Å². The summed E-state index contributed by atoms with van der Waals surface area (Å²) in [5.74, 6) is 0. The summed E-state index contributed by atoms with van der Waals surface area (Å²) in [5, 5.41) is 9.99. The quantitative estimate of drug-likeness (QED) is 0.737. The summed E-state index contributed by atoms with van der Waals surface area (Å²) in [6.07, 6.45) is 3.80. The fourth-order valence-corrected chi connectivity index (χ4v) is 1.85. The normalized spacial score (nSPS) is 9.75. The molecule has 0 bridgehead atoms. The number of pyridine rings is 1. The van der Waals surface area contributed by atoms with E-state index in [9.17, 15) is 0 Å². The molecule has 3 heteroatoms. The topological polar surface area (TPSA) is 36.7 Å².